The minimum absolute atomic E-state index is 0.0562. The summed E-state index contributed by atoms with van der Waals surface area (Å²) >= 11 is 0. The van der Waals surface area contributed by atoms with Gasteiger partial charge in [0.2, 0.25) is 6.10 Å². The molecule has 0 bridgehead atoms. The van der Waals surface area contributed by atoms with Crippen molar-refractivity contribution < 1.29 is 14.3 Å². The second-order valence-electron chi connectivity index (χ2n) is 6.07. The summed E-state index contributed by atoms with van der Waals surface area (Å²) in [7, 11) is 0. The summed E-state index contributed by atoms with van der Waals surface area (Å²) in [6, 6.07) is 7.97. The molecule has 3 unspecified atom stereocenters. The molecule has 4 rings (SSSR count). The predicted octanol–water partition coefficient (Wildman–Crippen LogP) is 1.04. The molecular formula is C16H20N2O3. The van der Waals surface area contributed by atoms with Crippen molar-refractivity contribution in [2.45, 2.75) is 25.0 Å². The zero-order valence-electron chi connectivity index (χ0n) is 12.0. The summed E-state index contributed by atoms with van der Waals surface area (Å²) < 4.78 is 11.5. The van der Waals surface area contributed by atoms with Crippen LogP contribution in [0.1, 0.15) is 12.8 Å². The second-order valence-corrected chi connectivity index (χ2v) is 6.07. The number of hydrogen-bond donors (Lipinski definition) is 1. The van der Waals surface area contributed by atoms with Crippen LogP contribution >= 0.6 is 0 Å². The highest BCUT2D eigenvalue weighted by molar-refractivity contribution is 5.82. The third-order valence-corrected chi connectivity index (χ3v) is 4.69. The number of ether oxygens (including phenoxy) is 2. The number of piperidine rings is 1. The van der Waals surface area contributed by atoms with Gasteiger partial charge in [0.1, 0.15) is 6.61 Å². The molecule has 3 aliphatic rings. The van der Waals surface area contributed by atoms with Crippen LogP contribution in [0.5, 0.6) is 11.5 Å². The highest BCUT2D eigenvalue weighted by Gasteiger charge is 2.40. The molecule has 3 heterocycles. The summed E-state index contributed by atoms with van der Waals surface area (Å²) in [6.45, 7) is 3.01. The smallest absolute Gasteiger partial charge is 0.267 e. The first-order valence-electron chi connectivity index (χ1n) is 7.72. The van der Waals surface area contributed by atoms with Gasteiger partial charge >= 0.3 is 0 Å². The molecule has 2 saturated heterocycles. The molecule has 1 amide bonds. The molecule has 1 aromatic carbocycles. The van der Waals surface area contributed by atoms with E-state index in [4.69, 9.17) is 9.47 Å². The topological polar surface area (TPSA) is 50.8 Å². The number of likely N-dealkylation sites (tertiary alicyclic amines) is 1. The maximum atomic E-state index is 12.6. The van der Waals surface area contributed by atoms with E-state index < -0.39 is 6.10 Å². The van der Waals surface area contributed by atoms with Crippen molar-refractivity contribution >= 4 is 5.91 Å². The maximum absolute atomic E-state index is 12.6. The Morgan fingerprint density at radius 1 is 1.24 bits per heavy atom. The fourth-order valence-electron chi connectivity index (χ4n) is 3.57. The molecule has 21 heavy (non-hydrogen) atoms. The lowest BCUT2D eigenvalue weighted by molar-refractivity contribution is -0.140. The molecule has 0 aromatic heterocycles. The van der Waals surface area contributed by atoms with Crippen molar-refractivity contribution in [1.29, 1.82) is 0 Å². The molecule has 2 fully saturated rings. The van der Waals surface area contributed by atoms with Crippen LogP contribution < -0.4 is 14.8 Å². The molecular weight excluding hydrogens is 268 g/mol. The van der Waals surface area contributed by atoms with Crippen LogP contribution in [-0.2, 0) is 4.79 Å². The van der Waals surface area contributed by atoms with E-state index in [-0.39, 0.29) is 5.91 Å². The summed E-state index contributed by atoms with van der Waals surface area (Å²) in [5.74, 6) is 2.04. The third kappa shape index (κ3) is 2.35. The zero-order valence-corrected chi connectivity index (χ0v) is 12.0. The number of benzene rings is 1. The van der Waals surface area contributed by atoms with Crippen LogP contribution in [0, 0.1) is 5.92 Å². The van der Waals surface area contributed by atoms with E-state index in [1.54, 1.807) is 0 Å². The van der Waals surface area contributed by atoms with Gasteiger partial charge in [-0.25, -0.2) is 0 Å². The highest BCUT2D eigenvalue weighted by atomic mass is 16.6. The fraction of sp³-hybridized carbons (Fsp3) is 0.562. The van der Waals surface area contributed by atoms with Crippen LogP contribution in [0.15, 0.2) is 24.3 Å². The van der Waals surface area contributed by atoms with Gasteiger partial charge in [-0.05, 0) is 37.4 Å². The molecule has 1 N–H and O–H groups in total. The van der Waals surface area contributed by atoms with Gasteiger partial charge in [-0.1, -0.05) is 12.1 Å². The monoisotopic (exact) mass is 288 g/mol. The molecule has 0 radical (unpaired) electrons. The van der Waals surface area contributed by atoms with Gasteiger partial charge in [0, 0.05) is 19.1 Å². The SMILES string of the molecule is O=C(C1COc2ccccc2O1)N1CC2CCCNC2C1. The van der Waals surface area contributed by atoms with Gasteiger partial charge in [-0.3, -0.25) is 4.79 Å². The summed E-state index contributed by atoms with van der Waals surface area (Å²) in [4.78, 5) is 14.6. The van der Waals surface area contributed by atoms with Gasteiger partial charge < -0.3 is 19.7 Å². The van der Waals surface area contributed by atoms with E-state index in [1.807, 2.05) is 29.2 Å². The minimum atomic E-state index is -0.514. The third-order valence-electron chi connectivity index (χ3n) is 4.69. The maximum Gasteiger partial charge on any atom is 0.267 e. The molecule has 0 saturated carbocycles. The van der Waals surface area contributed by atoms with Gasteiger partial charge in [-0.2, -0.15) is 0 Å². The predicted molar refractivity (Wildman–Crippen MR) is 77.4 cm³/mol. The Kier molecular flexibility index (Phi) is 3.22. The van der Waals surface area contributed by atoms with E-state index in [2.05, 4.69) is 5.32 Å². The molecule has 112 valence electrons. The van der Waals surface area contributed by atoms with Crippen LogP contribution in [0.4, 0.5) is 0 Å². The second kappa shape index (κ2) is 5.22. The number of carbonyl (C=O) groups is 1. The van der Waals surface area contributed by atoms with E-state index in [0.717, 1.165) is 25.4 Å². The average Bonchev–Trinajstić information content (AvgIpc) is 2.97. The van der Waals surface area contributed by atoms with Crippen LogP contribution in [0.25, 0.3) is 0 Å². The number of hydrogen-bond acceptors (Lipinski definition) is 4. The molecule has 3 aliphatic heterocycles. The molecule has 0 aliphatic carbocycles. The fourth-order valence-corrected chi connectivity index (χ4v) is 3.57. The number of rotatable bonds is 1. The molecule has 0 spiro atoms. The Hall–Kier alpha value is -1.75. The van der Waals surface area contributed by atoms with Crippen molar-refractivity contribution in [3.05, 3.63) is 24.3 Å². The number of carbonyl (C=O) groups excluding carboxylic acids is 1. The average molecular weight is 288 g/mol. The van der Waals surface area contributed by atoms with Crippen LogP contribution in [-0.4, -0.2) is 49.2 Å². The Morgan fingerprint density at radius 3 is 2.95 bits per heavy atom. The van der Waals surface area contributed by atoms with E-state index in [0.29, 0.717) is 24.3 Å². The molecule has 3 atom stereocenters. The van der Waals surface area contributed by atoms with Crippen molar-refractivity contribution in [2.75, 3.05) is 26.2 Å². The van der Waals surface area contributed by atoms with Crippen molar-refractivity contribution in [3.8, 4) is 11.5 Å². The normalized spacial score (nSPS) is 30.9. The number of nitrogens with one attached hydrogen (secondary N) is 1. The first-order valence-corrected chi connectivity index (χ1v) is 7.72. The first-order chi connectivity index (χ1) is 10.3. The zero-order chi connectivity index (χ0) is 14.2. The Bertz CT molecular complexity index is 534. The minimum Gasteiger partial charge on any atom is -0.485 e. The van der Waals surface area contributed by atoms with E-state index >= 15 is 0 Å². The summed E-state index contributed by atoms with van der Waals surface area (Å²) in [5, 5.41) is 3.52. The van der Waals surface area contributed by atoms with Gasteiger partial charge in [0.15, 0.2) is 11.5 Å². The lowest BCUT2D eigenvalue weighted by Crippen LogP contribution is -2.46. The molecule has 1 aromatic rings. The Labute approximate surface area is 124 Å². The van der Waals surface area contributed by atoms with Crippen molar-refractivity contribution in [2.24, 2.45) is 5.92 Å². The lowest BCUT2D eigenvalue weighted by atomic mass is 9.94. The molecule has 5 heteroatoms. The lowest BCUT2D eigenvalue weighted by Gasteiger charge is -2.28. The van der Waals surface area contributed by atoms with Gasteiger partial charge in [-0.15, -0.1) is 0 Å². The van der Waals surface area contributed by atoms with Gasteiger partial charge in [0.05, 0.1) is 0 Å². The summed E-state index contributed by atoms with van der Waals surface area (Å²) in [5.41, 5.74) is 0. The van der Waals surface area contributed by atoms with Crippen molar-refractivity contribution in [1.82, 2.24) is 10.2 Å². The van der Waals surface area contributed by atoms with Gasteiger partial charge in [0.25, 0.3) is 5.91 Å². The standard InChI is InChI=1S/C16H20N2O3/c19-16(18-8-11-4-3-7-17-12(11)9-18)15-10-20-13-5-1-2-6-14(13)21-15/h1-2,5-6,11-12,15,17H,3-4,7-10H2. The van der Waals surface area contributed by atoms with Crippen LogP contribution in [0.3, 0.4) is 0 Å². The highest BCUT2D eigenvalue weighted by Crippen LogP contribution is 2.32. The quantitative estimate of drug-likeness (QED) is 0.839. The van der Waals surface area contributed by atoms with Crippen molar-refractivity contribution in [3.63, 3.8) is 0 Å². The first kappa shape index (κ1) is 13.0. The number of nitrogens with zero attached hydrogens (tertiary/aromatic N) is 1. The number of para-hydroxylation sites is 2. The van der Waals surface area contributed by atoms with E-state index in [1.165, 1.54) is 12.8 Å². The Balaban J connectivity index is 1.44. The Morgan fingerprint density at radius 2 is 2.10 bits per heavy atom. The number of fused-ring (bicyclic) bond motifs is 2. The summed E-state index contributed by atoms with van der Waals surface area (Å²) in [6.07, 6.45) is 1.91. The number of amides is 1. The molecule has 5 nitrogen and oxygen atoms in total. The van der Waals surface area contributed by atoms with E-state index in [9.17, 15) is 4.79 Å². The van der Waals surface area contributed by atoms with Crippen LogP contribution in [0.2, 0.25) is 0 Å². The largest absolute Gasteiger partial charge is 0.485 e.